The predicted octanol–water partition coefficient (Wildman–Crippen LogP) is 2.74. The van der Waals surface area contributed by atoms with E-state index in [1.165, 1.54) is 6.07 Å². The van der Waals surface area contributed by atoms with Crippen LogP contribution in [0.15, 0.2) is 35.4 Å². The van der Waals surface area contributed by atoms with Crippen molar-refractivity contribution in [3.8, 4) is 0 Å². The van der Waals surface area contributed by atoms with E-state index in [4.69, 9.17) is 5.14 Å². The van der Waals surface area contributed by atoms with Crippen LogP contribution in [0, 0.1) is 26.6 Å². The Morgan fingerprint density at radius 2 is 1.89 bits per heavy atom. The van der Waals surface area contributed by atoms with Gasteiger partial charge in [-0.2, -0.15) is 0 Å². The summed E-state index contributed by atoms with van der Waals surface area (Å²) in [6.07, 6.45) is 1.65. The summed E-state index contributed by atoms with van der Waals surface area (Å²) >= 11 is 0. The van der Waals surface area contributed by atoms with E-state index < -0.39 is 15.8 Å². The van der Waals surface area contributed by atoms with E-state index in [1.54, 1.807) is 13.1 Å². The van der Waals surface area contributed by atoms with Gasteiger partial charge in [0.25, 0.3) is 0 Å². The second kappa shape index (κ2) is 6.32. The number of aryl methyl sites for hydroxylation is 3. The van der Waals surface area contributed by atoms with Gasteiger partial charge < -0.3 is 4.57 Å². The molecule has 7 nitrogen and oxygen atoms in total. The SMILES string of the molecule is Cc1ccc2c(ncc3nc(C)n(Cc4c(C)cc(S(N)(=O)=O)cc4F)c32)n1. The van der Waals surface area contributed by atoms with Crippen LogP contribution < -0.4 is 5.14 Å². The van der Waals surface area contributed by atoms with Gasteiger partial charge in [-0.3, -0.25) is 0 Å². The number of primary sulfonamides is 1. The molecule has 0 atom stereocenters. The molecule has 1 aromatic carbocycles. The van der Waals surface area contributed by atoms with Crippen molar-refractivity contribution in [3.05, 3.63) is 58.9 Å². The van der Waals surface area contributed by atoms with Crippen LogP contribution in [0.2, 0.25) is 0 Å². The molecule has 3 heterocycles. The lowest BCUT2D eigenvalue weighted by Gasteiger charge is -2.13. The first-order valence-corrected chi connectivity index (χ1v) is 10.1. The van der Waals surface area contributed by atoms with E-state index in [0.717, 1.165) is 22.7 Å². The highest BCUT2D eigenvalue weighted by Crippen LogP contribution is 2.27. The van der Waals surface area contributed by atoms with Crippen molar-refractivity contribution < 1.29 is 12.8 Å². The Kier molecular flexibility index (Phi) is 4.16. The number of rotatable bonds is 3. The molecule has 0 amide bonds. The van der Waals surface area contributed by atoms with E-state index in [9.17, 15) is 12.8 Å². The number of hydrogen-bond acceptors (Lipinski definition) is 5. The van der Waals surface area contributed by atoms with Crippen molar-refractivity contribution >= 4 is 32.1 Å². The Morgan fingerprint density at radius 3 is 2.57 bits per heavy atom. The maximum Gasteiger partial charge on any atom is 0.238 e. The largest absolute Gasteiger partial charge is 0.323 e. The molecule has 0 bridgehead atoms. The zero-order chi connectivity index (χ0) is 20.2. The van der Waals surface area contributed by atoms with Crippen LogP contribution in [0.25, 0.3) is 22.1 Å². The summed E-state index contributed by atoms with van der Waals surface area (Å²) in [4.78, 5) is 13.1. The van der Waals surface area contributed by atoms with Crippen molar-refractivity contribution in [3.63, 3.8) is 0 Å². The van der Waals surface area contributed by atoms with Gasteiger partial charge in [-0.05, 0) is 50.6 Å². The Hall–Kier alpha value is -2.91. The lowest BCUT2D eigenvalue weighted by Crippen LogP contribution is -2.14. The fraction of sp³-hybridized carbons (Fsp3) is 0.211. The topological polar surface area (TPSA) is 104 Å². The number of aromatic nitrogens is 4. The number of halogens is 1. The van der Waals surface area contributed by atoms with Gasteiger partial charge in [-0.1, -0.05) is 0 Å². The van der Waals surface area contributed by atoms with Crippen LogP contribution in [0.5, 0.6) is 0 Å². The van der Waals surface area contributed by atoms with Crippen LogP contribution >= 0.6 is 0 Å². The van der Waals surface area contributed by atoms with Crippen molar-refractivity contribution in [2.45, 2.75) is 32.2 Å². The van der Waals surface area contributed by atoms with Crippen molar-refractivity contribution in [1.82, 2.24) is 19.5 Å². The summed E-state index contributed by atoms with van der Waals surface area (Å²) in [5, 5.41) is 5.95. The summed E-state index contributed by atoms with van der Waals surface area (Å²) in [5.41, 5.74) is 3.81. The van der Waals surface area contributed by atoms with E-state index in [0.29, 0.717) is 28.1 Å². The molecule has 0 radical (unpaired) electrons. The fourth-order valence-electron chi connectivity index (χ4n) is 3.37. The third kappa shape index (κ3) is 3.02. The number of pyridine rings is 2. The van der Waals surface area contributed by atoms with Gasteiger partial charge >= 0.3 is 0 Å². The molecular formula is C19H18FN5O2S. The molecular weight excluding hydrogens is 381 g/mol. The molecule has 28 heavy (non-hydrogen) atoms. The summed E-state index contributed by atoms with van der Waals surface area (Å²) in [6.45, 7) is 5.57. The summed E-state index contributed by atoms with van der Waals surface area (Å²) < 4.78 is 39.7. The maximum atomic E-state index is 14.8. The van der Waals surface area contributed by atoms with Gasteiger partial charge in [0.05, 0.1) is 23.2 Å². The Balaban J connectivity index is 1.93. The van der Waals surface area contributed by atoms with Gasteiger partial charge in [0.2, 0.25) is 10.0 Å². The van der Waals surface area contributed by atoms with Gasteiger partial charge in [-0.15, -0.1) is 0 Å². The standard InChI is InChI=1S/C19H18FN5O2S/c1-10-6-13(28(21,26)27)7-16(20)15(10)9-25-12(3)24-17-8-22-19-14(18(17)25)5-4-11(2)23-19/h4-8H,9H2,1-3H3,(H2,21,26,27). The number of sulfonamides is 1. The quantitative estimate of drug-likeness (QED) is 0.570. The second-order valence-corrected chi connectivity index (χ2v) is 8.37. The highest BCUT2D eigenvalue weighted by molar-refractivity contribution is 7.89. The van der Waals surface area contributed by atoms with Crippen LogP contribution in [0.4, 0.5) is 4.39 Å². The van der Waals surface area contributed by atoms with Crippen molar-refractivity contribution in [2.24, 2.45) is 5.14 Å². The predicted molar refractivity (Wildman–Crippen MR) is 104 cm³/mol. The smallest absolute Gasteiger partial charge is 0.238 e. The average molecular weight is 399 g/mol. The molecule has 9 heteroatoms. The van der Waals surface area contributed by atoms with E-state index in [2.05, 4.69) is 15.0 Å². The van der Waals surface area contributed by atoms with Gasteiger partial charge in [-0.25, -0.2) is 32.9 Å². The maximum absolute atomic E-state index is 14.8. The molecule has 0 aliphatic rings. The highest BCUT2D eigenvalue weighted by Gasteiger charge is 2.18. The number of imidazole rings is 1. The number of nitrogens with zero attached hydrogens (tertiary/aromatic N) is 4. The molecule has 2 N–H and O–H groups in total. The van der Waals surface area contributed by atoms with Crippen LogP contribution in [-0.2, 0) is 16.6 Å². The molecule has 4 rings (SSSR count). The Labute approximate surface area is 161 Å². The minimum absolute atomic E-state index is 0.192. The first kappa shape index (κ1) is 18.5. The third-order valence-electron chi connectivity index (χ3n) is 4.80. The number of benzene rings is 1. The molecule has 0 spiro atoms. The second-order valence-electron chi connectivity index (χ2n) is 6.81. The molecule has 4 aromatic rings. The van der Waals surface area contributed by atoms with Gasteiger partial charge in [0, 0.05) is 16.6 Å². The number of fused-ring (bicyclic) bond motifs is 3. The number of nitrogens with two attached hydrogens (primary N) is 1. The highest BCUT2D eigenvalue weighted by atomic mass is 32.2. The molecule has 0 aliphatic heterocycles. The molecule has 3 aromatic heterocycles. The van der Waals surface area contributed by atoms with Crippen LogP contribution in [-0.4, -0.2) is 27.9 Å². The van der Waals surface area contributed by atoms with Gasteiger partial charge in [0.15, 0.2) is 5.65 Å². The molecule has 0 fully saturated rings. The lowest BCUT2D eigenvalue weighted by atomic mass is 10.1. The molecule has 0 unspecified atom stereocenters. The average Bonchev–Trinajstić information content (AvgIpc) is 2.92. The third-order valence-corrected chi connectivity index (χ3v) is 5.69. The Bertz CT molecular complexity index is 1340. The normalized spacial score (nSPS) is 12.2. The van der Waals surface area contributed by atoms with Crippen LogP contribution in [0.1, 0.15) is 22.6 Å². The molecule has 0 saturated heterocycles. The lowest BCUT2D eigenvalue weighted by molar-refractivity contribution is 0.581. The fourth-order valence-corrected chi connectivity index (χ4v) is 3.98. The van der Waals surface area contributed by atoms with Crippen LogP contribution in [0.3, 0.4) is 0 Å². The first-order valence-electron chi connectivity index (χ1n) is 8.56. The molecule has 0 aliphatic carbocycles. The van der Waals surface area contributed by atoms with E-state index in [-0.39, 0.29) is 11.4 Å². The van der Waals surface area contributed by atoms with E-state index in [1.807, 2.05) is 30.5 Å². The summed E-state index contributed by atoms with van der Waals surface area (Å²) in [7, 11) is -3.98. The molecule has 0 saturated carbocycles. The zero-order valence-electron chi connectivity index (χ0n) is 15.6. The minimum atomic E-state index is -3.98. The number of hydrogen-bond donors (Lipinski definition) is 1. The van der Waals surface area contributed by atoms with Crippen molar-refractivity contribution in [2.75, 3.05) is 0 Å². The summed E-state index contributed by atoms with van der Waals surface area (Å²) in [5.74, 6) is 0.0665. The van der Waals surface area contributed by atoms with Gasteiger partial charge in [0.1, 0.15) is 17.2 Å². The van der Waals surface area contributed by atoms with Crippen molar-refractivity contribution in [1.29, 1.82) is 0 Å². The first-order chi connectivity index (χ1) is 13.1. The minimum Gasteiger partial charge on any atom is -0.323 e. The Morgan fingerprint density at radius 1 is 1.14 bits per heavy atom. The monoisotopic (exact) mass is 399 g/mol. The van der Waals surface area contributed by atoms with E-state index >= 15 is 0 Å². The zero-order valence-corrected chi connectivity index (χ0v) is 16.4. The summed E-state index contributed by atoms with van der Waals surface area (Å²) in [6, 6.07) is 6.16. The molecule has 144 valence electrons.